The van der Waals surface area contributed by atoms with Crippen LogP contribution in [0.15, 0.2) is 90.2 Å². The molecule has 0 radical (unpaired) electrons. The highest BCUT2D eigenvalue weighted by Crippen LogP contribution is 2.31. The van der Waals surface area contributed by atoms with Crippen LogP contribution in [0.3, 0.4) is 0 Å². The smallest absolute Gasteiger partial charge is 0.257 e. The fraction of sp³-hybridized carbons (Fsp3) is 0.182. The summed E-state index contributed by atoms with van der Waals surface area (Å²) in [5, 5.41) is 12.5. The predicted molar refractivity (Wildman–Crippen MR) is 171 cm³/mol. The molecule has 1 aliphatic rings. The Morgan fingerprint density at radius 2 is 1.80 bits per heavy atom. The molecule has 1 fully saturated rings. The van der Waals surface area contributed by atoms with E-state index in [0.717, 1.165) is 38.2 Å². The van der Waals surface area contributed by atoms with Crippen LogP contribution in [0.5, 0.6) is 0 Å². The van der Waals surface area contributed by atoms with Gasteiger partial charge < -0.3 is 16.0 Å². The van der Waals surface area contributed by atoms with Gasteiger partial charge in [-0.15, -0.1) is 0 Å². The van der Waals surface area contributed by atoms with E-state index in [9.17, 15) is 4.79 Å². The number of fused-ring (bicyclic) bond motifs is 1. The first-order valence-electron chi connectivity index (χ1n) is 14.6. The number of nitrogen functional groups attached to an aromatic ring is 1. The minimum atomic E-state index is -0.210. The van der Waals surface area contributed by atoms with E-state index < -0.39 is 0 Å². The van der Waals surface area contributed by atoms with Crippen molar-refractivity contribution in [1.82, 2.24) is 39.4 Å². The summed E-state index contributed by atoms with van der Waals surface area (Å²) in [5.74, 6) is 1.68. The number of hydrogen-bond acceptors (Lipinski definition) is 10. The number of nitrogens with one attached hydrogen (secondary N) is 2. The molecule has 5 aromatic heterocycles. The fourth-order valence-electron chi connectivity index (χ4n) is 5.71. The van der Waals surface area contributed by atoms with Crippen molar-refractivity contribution in [3.8, 4) is 34.4 Å². The SMILES string of the molecule is N#Cc1cc(NC2CCN(Cc3ccc(-n4c(-c5cccnc5N)nc5ccc(-c6ccc[nH]c6=O)nc54)cc3)CC2)ncn1. The Morgan fingerprint density at radius 3 is 2.58 bits per heavy atom. The van der Waals surface area contributed by atoms with Gasteiger partial charge in [0, 0.05) is 49.8 Å². The van der Waals surface area contributed by atoms with E-state index in [0.29, 0.717) is 57.2 Å². The van der Waals surface area contributed by atoms with Crippen LogP contribution in [0.1, 0.15) is 24.1 Å². The second-order valence-electron chi connectivity index (χ2n) is 10.9. The highest BCUT2D eigenvalue weighted by atomic mass is 16.1. The van der Waals surface area contributed by atoms with E-state index in [1.165, 1.54) is 11.9 Å². The zero-order chi connectivity index (χ0) is 30.8. The van der Waals surface area contributed by atoms with Gasteiger partial charge in [-0.05, 0) is 66.9 Å². The summed E-state index contributed by atoms with van der Waals surface area (Å²) in [6, 6.07) is 23.3. The van der Waals surface area contributed by atoms with Crippen molar-refractivity contribution >= 4 is 22.8 Å². The van der Waals surface area contributed by atoms with Crippen molar-refractivity contribution in [2.75, 3.05) is 24.1 Å². The molecular weight excluding hydrogens is 566 g/mol. The second-order valence-corrected chi connectivity index (χ2v) is 10.9. The summed E-state index contributed by atoms with van der Waals surface area (Å²) < 4.78 is 1.97. The molecule has 0 bridgehead atoms. The summed E-state index contributed by atoms with van der Waals surface area (Å²) in [7, 11) is 0. The number of aromatic nitrogens is 7. The van der Waals surface area contributed by atoms with Gasteiger partial charge in [0.2, 0.25) is 0 Å². The zero-order valence-electron chi connectivity index (χ0n) is 24.3. The molecule has 4 N–H and O–H groups in total. The van der Waals surface area contributed by atoms with Gasteiger partial charge in [0.25, 0.3) is 5.56 Å². The number of benzene rings is 1. The van der Waals surface area contributed by atoms with Crippen LogP contribution in [-0.4, -0.2) is 58.5 Å². The van der Waals surface area contributed by atoms with Crippen molar-refractivity contribution in [2.24, 2.45) is 0 Å². The molecule has 0 unspecified atom stereocenters. The number of pyridine rings is 3. The van der Waals surface area contributed by atoms with Crippen molar-refractivity contribution in [2.45, 2.75) is 25.4 Å². The molecule has 12 heteroatoms. The lowest BCUT2D eigenvalue weighted by Gasteiger charge is -2.32. The summed E-state index contributed by atoms with van der Waals surface area (Å²) in [6.07, 6.45) is 6.61. The summed E-state index contributed by atoms with van der Waals surface area (Å²) in [5.41, 5.74) is 11.5. The Labute approximate surface area is 258 Å². The molecule has 0 spiro atoms. The Balaban J connectivity index is 1.14. The summed E-state index contributed by atoms with van der Waals surface area (Å²) in [6.45, 7) is 2.71. The largest absolute Gasteiger partial charge is 0.383 e. The Hall–Kier alpha value is -5.93. The second kappa shape index (κ2) is 12.0. The Bertz CT molecular complexity index is 2090. The van der Waals surface area contributed by atoms with Gasteiger partial charge in [0.1, 0.15) is 35.2 Å². The van der Waals surface area contributed by atoms with E-state index in [1.54, 1.807) is 36.7 Å². The first kappa shape index (κ1) is 27.9. The molecule has 0 saturated carbocycles. The monoisotopic (exact) mass is 595 g/mol. The average Bonchev–Trinajstić information content (AvgIpc) is 3.45. The normalized spacial score (nSPS) is 13.9. The van der Waals surface area contributed by atoms with E-state index in [-0.39, 0.29) is 5.56 Å². The van der Waals surface area contributed by atoms with Crippen molar-refractivity contribution in [1.29, 1.82) is 5.26 Å². The predicted octanol–water partition coefficient (Wildman–Crippen LogP) is 4.16. The average molecular weight is 596 g/mol. The minimum absolute atomic E-state index is 0.210. The maximum Gasteiger partial charge on any atom is 0.257 e. The van der Waals surface area contributed by atoms with Crippen LogP contribution in [-0.2, 0) is 6.54 Å². The number of nitriles is 1. The number of nitrogens with two attached hydrogens (primary N) is 1. The Morgan fingerprint density at radius 1 is 0.978 bits per heavy atom. The van der Waals surface area contributed by atoms with Crippen LogP contribution in [0.25, 0.3) is 39.5 Å². The fourth-order valence-corrected chi connectivity index (χ4v) is 5.71. The van der Waals surface area contributed by atoms with Crippen LogP contribution in [0.4, 0.5) is 11.6 Å². The lowest BCUT2D eigenvalue weighted by Crippen LogP contribution is -2.38. The molecule has 0 amide bonds. The number of hydrogen-bond donors (Lipinski definition) is 3. The summed E-state index contributed by atoms with van der Waals surface area (Å²) >= 11 is 0. The number of rotatable bonds is 7. The van der Waals surface area contributed by atoms with Crippen LogP contribution in [0.2, 0.25) is 0 Å². The van der Waals surface area contributed by atoms with E-state index in [2.05, 4.69) is 60.5 Å². The van der Waals surface area contributed by atoms with Crippen molar-refractivity contribution < 1.29 is 0 Å². The zero-order valence-corrected chi connectivity index (χ0v) is 24.3. The van der Waals surface area contributed by atoms with Gasteiger partial charge in [-0.25, -0.2) is 24.9 Å². The maximum atomic E-state index is 12.5. The molecule has 1 aliphatic heterocycles. The molecule has 1 saturated heterocycles. The molecule has 0 atom stereocenters. The van der Waals surface area contributed by atoms with Crippen LogP contribution >= 0.6 is 0 Å². The summed E-state index contributed by atoms with van der Waals surface area (Å²) in [4.78, 5) is 40.0. The molecule has 12 nitrogen and oxygen atoms in total. The number of nitrogens with zero attached hydrogens (tertiary/aromatic N) is 8. The van der Waals surface area contributed by atoms with Gasteiger partial charge in [-0.3, -0.25) is 14.3 Å². The highest BCUT2D eigenvalue weighted by Gasteiger charge is 2.21. The Kier molecular flexibility index (Phi) is 7.42. The third kappa shape index (κ3) is 5.72. The molecule has 7 rings (SSSR count). The number of likely N-dealkylation sites (tertiary alicyclic amines) is 1. The van der Waals surface area contributed by atoms with Gasteiger partial charge in [0.05, 0.1) is 16.8 Å². The van der Waals surface area contributed by atoms with E-state index in [1.807, 2.05) is 22.8 Å². The van der Waals surface area contributed by atoms with Gasteiger partial charge >= 0.3 is 0 Å². The van der Waals surface area contributed by atoms with E-state index >= 15 is 0 Å². The first-order chi connectivity index (χ1) is 22.1. The third-order valence-electron chi connectivity index (χ3n) is 8.00. The van der Waals surface area contributed by atoms with Crippen LogP contribution in [0, 0.1) is 11.3 Å². The number of H-pyrrole nitrogens is 1. The molecule has 45 heavy (non-hydrogen) atoms. The molecule has 6 aromatic rings. The number of imidazole rings is 1. The number of aromatic amines is 1. The molecule has 1 aromatic carbocycles. The van der Waals surface area contributed by atoms with E-state index in [4.69, 9.17) is 21.0 Å². The van der Waals surface area contributed by atoms with Gasteiger partial charge in [-0.1, -0.05) is 12.1 Å². The minimum Gasteiger partial charge on any atom is -0.383 e. The maximum absolute atomic E-state index is 12.5. The van der Waals surface area contributed by atoms with Crippen molar-refractivity contribution in [3.05, 3.63) is 107 Å². The molecule has 222 valence electrons. The topological polar surface area (TPSA) is 167 Å². The van der Waals surface area contributed by atoms with Gasteiger partial charge in [0.15, 0.2) is 11.5 Å². The molecular formula is C33H29N11O. The lowest BCUT2D eigenvalue weighted by molar-refractivity contribution is 0.211. The third-order valence-corrected chi connectivity index (χ3v) is 8.00. The lowest BCUT2D eigenvalue weighted by atomic mass is 10.0. The number of piperidine rings is 1. The van der Waals surface area contributed by atoms with Crippen molar-refractivity contribution in [3.63, 3.8) is 0 Å². The quantitative estimate of drug-likeness (QED) is 0.244. The first-order valence-corrected chi connectivity index (χ1v) is 14.6. The highest BCUT2D eigenvalue weighted by molar-refractivity contribution is 5.84. The number of anilines is 2. The molecule has 6 heterocycles. The standard InChI is InChI=1S/C33H29N11O/c34-18-23-17-29(39-20-38-23)40-22-11-15-43(16-12-22)19-21-5-7-24(8-6-21)44-31(26-4-2-13-36-30(26)35)42-28-10-9-27(41-32(28)44)25-3-1-14-37-33(25)45/h1-10,13-14,17,20,22H,11-12,15-16,19H2,(H2,35,36)(H,37,45)(H,38,39,40). The molecule has 0 aliphatic carbocycles. The van der Waals surface area contributed by atoms with Crippen LogP contribution < -0.4 is 16.6 Å². The van der Waals surface area contributed by atoms with Gasteiger partial charge in [-0.2, -0.15) is 5.26 Å².